The Morgan fingerprint density at radius 1 is 1.42 bits per heavy atom. The van der Waals surface area contributed by atoms with Crippen LogP contribution in [0.15, 0.2) is 17.4 Å². The molecule has 5 nitrogen and oxygen atoms in total. The van der Waals surface area contributed by atoms with Crippen LogP contribution in [0.3, 0.4) is 0 Å². The van der Waals surface area contributed by atoms with Crippen LogP contribution in [-0.4, -0.2) is 29.4 Å². The van der Waals surface area contributed by atoms with E-state index in [2.05, 4.69) is 9.97 Å². The molecule has 0 saturated heterocycles. The highest BCUT2D eigenvalue weighted by molar-refractivity contribution is 7.91. The summed E-state index contributed by atoms with van der Waals surface area (Å²) >= 11 is 0. The van der Waals surface area contributed by atoms with Crippen molar-refractivity contribution in [3.05, 3.63) is 18.1 Å². The molecule has 1 aromatic heterocycles. The Labute approximate surface area is 70.0 Å². The first kappa shape index (κ1) is 9.08. The topological polar surface area (TPSA) is 80.2 Å². The maximum absolute atomic E-state index is 11.1. The number of hydrogen-bond donors (Lipinski definition) is 1. The lowest BCUT2D eigenvalue weighted by atomic mass is 10.5. The summed E-state index contributed by atoms with van der Waals surface area (Å²) in [4.78, 5) is 7.35. The van der Waals surface area contributed by atoms with Crippen molar-refractivity contribution in [2.45, 2.75) is 11.9 Å². The molecule has 66 valence electrons. The Morgan fingerprint density at radius 3 is 2.50 bits per heavy atom. The van der Waals surface area contributed by atoms with Crippen molar-refractivity contribution in [1.29, 1.82) is 0 Å². The minimum atomic E-state index is -3.65. The zero-order valence-electron chi connectivity index (χ0n) is 6.43. The Kier molecular flexibility index (Phi) is 2.39. The lowest BCUT2D eigenvalue weighted by Crippen LogP contribution is -2.10. The summed E-state index contributed by atoms with van der Waals surface area (Å²) in [6, 6.07) is 0. The van der Waals surface area contributed by atoms with Crippen molar-refractivity contribution in [1.82, 2.24) is 9.97 Å². The SMILES string of the molecule is Cc1nccnc1S(=O)(=O)CO. The van der Waals surface area contributed by atoms with Gasteiger partial charge in [-0.15, -0.1) is 0 Å². The maximum atomic E-state index is 11.1. The predicted octanol–water partition coefficient (Wildman–Crippen LogP) is -0.491. The van der Waals surface area contributed by atoms with Gasteiger partial charge in [-0.25, -0.2) is 13.4 Å². The lowest BCUT2D eigenvalue weighted by molar-refractivity contribution is 0.358. The van der Waals surface area contributed by atoms with E-state index >= 15 is 0 Å². The number of aromatic nitrogens is 2. The van der Waals surface area contributed by atoms with Gasteiger partial charge in [0.2, 0.25) is 9.84 Å². The van der Waals surface area contributed by atoms with E-state index in [1.54, 1.807) is 0 Å². The molecule has 0 spiro atoms. The Morgan fingerprint density at radius 2 is 2.00 bits per heavy atom. The Hall–Kier alpha value is -1.01. The van der Waals surface area contributed by atoms with Crippen LogP contribution in [0.2, 0.25) is 0 Å². The fraction of sp³-hybridized carbons (Fsp3) is 0.333. The minimum Gasteiger partial charge on any atom is -0.380 e. The van der Waals surface area contributed by atoms with E-state index in [1.807, 2.05) is 0 Å². The molecule has 0 radical (unpaired) electrons. The number of rotatable bonds is 2. The van der Waals surface area contributed by atoms with Gasteiger partial charge in [0.05, 0.1) is 5.69 Å². The molecule has 1 N–H and O–H groups in total. The van der Waals surface area contributed by atoms with E-state index in [-0.39, 0.29) is 5.03 Å². The summed E-state index contributed by atoms with van der Waals surface area (Å²) in [5.41, 5.74) is 0.298. The highest BCUT2D eigenvalue weighted by atomic mass is 32.2. The van der Waals surface area contributed by atoms with Crippen LogP contribution in [0.25, 0.3) is 0 Å². The van der Waals surface area contributed by atoms with E-state index in [0.29, 0.717) is 5.69 Å². The number of aliphatic hydroxyl groups is 1. The van der Waals surface area contributed by atoms with Gasteiger partial charge in [-0.2, -0.15) is 0 Å². The first-order valence-corrected chi connectivity index (χ1v) is 4.84. The first-order valence-electron chi connectivity index (χ1n) is 3.19. The van der Waals surface area contributed by atoms with Gasteiger partial charge in [0.1, 0.15) is 0 Å². The van der Waals surface area contributed by atoms with Crippen LogP contribution < -0.4 is 0 Å². The third kappa shape index (κ3) is 1.59. The van der Waals surface area contributed by atoms with Crippen molar-refractivity contribution in [3.63, 3.8) is 0 Å². The van der Waals surface area contributed by atoms with E-state index in [1.165, 1.54) is 19.3 Å². The number of nitrogens with zero attached hydrogens (tertiary/aromatic N) is 2. The van der Waals surface area contributed by atoms with Crippen molar-refractivity contribution in [2.24, 2.45) is 0 Å². The van der Waals surface area contributed by atoms with Crippen molar-refractivity contribution >= 4 is 9.84 Å². The van der Waals surface area contributed by atoms with Crippen molar-refractivity contribution in [2.75, 3.05) is 5.94 Å². The van der Waals surface area contributed by atoms with Crippen LogP contribution in [0.4, 0.5) is 0 Å². The van der Waals surface area contributed by atoms with E-state index in [4.69, 9.17) is 5.11 Å². The van der Waals surface area contributed by atoms with E-state index in [9.17, 15) is 8.42 Å². The number of aryl methyl sites for hydroxylation is 1. The zero-order valence-corrected chi connectivity index (χ0v) is 7.24. The summed E-state index contributed by atoms with van der Waals surface area (Å²) in [7, 11) is -3.65. The molecule has 0 aliphatic rings. The average Bonchev–Trinajstić information content (AvgIpc) is 2.05. The van der Waals surface area contributed by atoms with Crippen molar-refractivity contribution < 1.29 is 13.5 Å². The molecule has 0 fully saturated rings. The summed E-state index contributed by atoms with van der Waals surface area (Å²) in [6.45, 7) is 1.52. The second-order valence-corrected chi connectivity index (χ2v) is 4.07. The molecule has 1 rings (SSSR count). The molecule has 1 aromatic rings. The first-order chi connectivity index (χ1) is 5.58. The van der Waals surface area contributed by atoms with E-state index in [0.717, 1.165) is 0 Å². The number of sulfone groups is 1. The third-order valence-electron chi connectivity index (χ3n) is 1.30. The minimum absolute atomic E-state index is 0.160. The summed E-state index contributed by atoms with van der Waals surface area (Å²) in [5, 5.41) is 8.36. The van der Waals surface area contributed by atoms with Gasteiger partial charge in [0.25, 0.3) is 0 Å². The van der Waals surface area contributed by atoms with Gasteiger partial charge in [0, 0.05) is 12.4 Å². The molecule has 1 heterocycles. The molecule has 0 saturated carbocycles. The van der Waals surface area contributed by atoms with Gasteiger partial charge in [-0.3, -0.25) is 4.98 Å². The summed E-state index contributed by atoms with van der Waals surface area (Å²) < 4.78 is 22.1. The van der Waals surface area contributed by atoms with Crippen LogP contribution in [0.1, 0.15) is 5.69 Å². The smallest absolute Gasteiger partial charge is 0.221 e. The third-order valence-corrected chi connectivity index (χ3v) is 2.63. The van der Waals surface area contributed by atoms with Crippen molar-refractivity contribution in [3.8, 4) is 0 Å². The zero-order chi connectivity index (χ0) is 9.19. The molecule has 0 amide bonds. The molecule has 0 aliphatic carbocycles. The van der Waals surface area contributed by atoms with E-state index < -0.39 is 15.8 Å². The molecular formula is C6H8N2O3S. The standard InChI is InChI=1S/C6H8N2O3S/c1-5-6(8-3-2-7-5)12(10,11)4-9/h2-3,9H,4H2,1H3. The van der Waals surface area contributed by atoms with Gasteiger partial charge >= 0.3 is 0 Å². The quantitative estimate of drug-likeness (QED) is 0.677. The van der Waals surface area contributed by atoms with Gasteiger partial charge in [-0.05, 0) is 6.92 Å². The molecule has 6 heteroatoms. The summed E-state index contributed by atoms with van der Waals surface area (Å²) in [6.07, 6.45) is 2.67. The molecule has 12 heavy (non-hydrogen) atoms. The van der Waals surface area contributed by atoms with Gasteiger partial charge in [0.15, 0.2) is 11.0 Å². The fourth-order valence-corrected chi connectivity index (χ4v) is 1.61. The molecule has 0 aliphatic heterocycles. The normalized spacial score (nSPS) is 11.5. The van der Waals surface area contributed by atoms with Crippen LogP contribution in [0.5, 0.6) is 0 Å². The number of hydrogen-bond acceptors (Lipinski definition) is 5. The second kappa shape index (κ2) is 3.16. The monoisotopic (exact) mass is 188 g/mol. The highest BCUT2D eigenvalue weighted by Crippen LogP contribution is 2.08. The molecule has 0 atom stereocenters. The summed E-state index contributed by atoms with van der Waals surface area (Å²) in [5.74, 6) is -0.938. The molecule has 0 aromatic carbocycles. The molecular weight excluding hydrogens is 180 g/mol. The van der Waals surface area contributed by atoms with Crippen LogP contribution >= 0.6 is 0 Å². The Balaban J connectivity index is 3.30. The fourth-order valence-electron chi connectivity index (χ4n) is 0.761. The average molecular weight is 188 g/mol. The maximum Gasteiger partial charge on any atom is 0.221 e. The number of aliphatic hydroxyl groups excluding tert-OH is 1. The Bertz CT molecular complexity index is 374. The highest BCUT2D eigenvalue weighted by Gasteiger charge is 2.17. The lowest BCUT2D eigenvalue weighted by Gasteiger charge is -2.00. The van der Waals surface area contributed by atoms with Gasteiger partial charge < -0.3 is 5.11 Å². The molecule has 0 unspecified atom stereocenters. The van der Waals surface area contributed by atoms with Crippen LogP contribution in [-0.2, 0) is 9.84 Å². The largest absolute Gasteiger partial charge is 0.380 e. The predicted molar refractivity (Wildman–Crippen MR) is 41.0 cm³/mol. The van der Waals surface area contributed by atoms with Crippen LogP contribution in [0, 0.1) is 6.92 Å². The van der Waals surface area contributed by atoms with Gasteiger partial charge in [-0.1, -0.05) is 0 Å². The molecule has 0 bridgehead atoms. The second-order valence-electron chi connectivity index (χ2n) is 2.19.